The highest BCUT2D eigenvalue weighted by molar-refractivity contribution is 5.15. The summed E-state index contributed by atoms with van der Waals surface area (Å²) in [7, 11) is 0. The van der Waals surface area contributed by atoms with Crippen molar-refractivity contribution in [1.29, 1.82) is 0 Å². The summed E-state index contributed by atoms with van der Waals surface area (Å²) in [5.74, 6) is 1.04. The van der Waals surface area contributed by atoms with E-state index in [0.29, 0.717) is 0 Å². The first kappa shape index (κ1) is 8.34. The molecule has 11 heavy (non-hydrogen) atoms. The molecule has 0 fully saturated rings. The summed E-state index contributed by atoms with van der Waals surface area (Å²) < 4.78 is 5.16. The maximum Gasteiger partial charge on any atom is 0.103 e. The van der Waals surface area contributed by atoms with E-state index in [2.05, 4.69) is 0 Å². The molecule has 1 aromatic heterocycles. The lowest BCUT2D eigenvalue weighted by Gasteiger charge is -1.96. The average molecular weight is 153 g/mol. The molecular weight excluding hydrogens is 138 g/mol. The second kappa shape index (κ2) is 4.19. The van der Waals surface area contributed by atoms with E-state index >= 15 is 0 Å². The highest BCUT2D eigenvalue weighted by Crippen LogP contribution is 2.11. The Bertz CT molecular complexity index is 205. The Kier molecular flexibility index (Phi) is 3.17. The van der Waals surface area contributed by atoms with Gasteiger partial charge in [-0.1, -0.05) is 0 Å². The van der Waals surface area contributed by atoms with Crippen LogP contribution in [0.5, 0.6) is 0 Å². The second-order valence-electron chi connectivity index (χ2n) is 2.75. The van der Waals surface area contributed by atoms with Crippen molar-refractivity contribution < 1.29 is 4.42 Å². The van der Waals surface area contributed by atoms with Gasteiger partial charge < -0.3 is 10.2 Å². The van der Waals surface area contributed by atoms with Gasteiger partial charge in [0.05, 0.1) is 6.26 Å². The van der Waals surface area contributed by atoms with E-state index < -0.39 is 0 Å². The molecule has 0 saturated heterocycles. The molecule has 0 amide bonds. The number of nitrogens with two attached hydrogens (primary N) is 1. The van der Waals surface area contributed by atoms with Crippen LogP contribution in [0.3, 0.4) is 0 Å². The van der Waals surface area contributed by atoms with Crippen LogP contribution in [0.1, 0.15) is 24.2 Å². The fourth-order valence-corrected chi connectivity index (χ4v) is 1.13. The van der Waals surface area contributed by atoms with E-state index in [1.165, 1.54) is 5.56 Å². The lowest BCUT2D eigenvalue weighted by atomic mass is 10.1. The fraction of sp³-hybridized carbons (Fsp3) is 0.556. The van der Waals surface area contributed by atoms with Crippen molar-refractivity contribution >= 4 is 0 Å². The van der Waals surface area contributed by atoms with Gasteiger partial charge in [0.15, 0.2) is 0 Å². The van der Waals surface area contributed by atoms with E-state index in [0.717, 1.165) is 31.6 Å². The zero-order valence-corrected chi connectivity index (χ0v) is 6.97. The van der Waals surface area contributed by atoms with Crippen molar-refractivity contribution in [2.75, 3.05) is 6.54 Å². The summed E-state index contributed by atoms with van der Waals surface area (Å²) in [6.07, 6.45) is 5.11. The predicted molar refractivity (Wildman–Crippen MR) is 45.4 cm³/mol. The van der Waals surface area contributed by atoms with Gasteiger partial charge in [0.2, 0.25) is 0 Å². The van der Waals surface area contributed by atoms with Crippen LogP contribution in [0.25, 0.3) is 0 Å². The summed E-state index contributed by atoms with van der Waals surface area (Å²) in [4.78, 5) is 0. The lowest BCUT2D eigenvalue weighted by molar-refractivity contribution is 0.528. The molecule has 1 aromatic rings. The summed E-state index contributed by atoms with van der Waals surface area (Å²) in [5, 5.41) is 0. The Morgan fingerprint density at radius 2 is 2.27 bits per heavy atom. The number of hydrogen-bond donors (Lipinski definition) is 1. The maximum absolute atomic E-state index is 5.38. The SMILES string of the molecule is Cc1occc1CCCCN. The molecule has 1 rings (SSSR count). The van der Waals surface area contributed by atoms with Crippen LogP contribution in [0.4, 0.5) is 0 Å². The lowest BCUT2D eigenvalue weighted by Crippen LogP contribution is -1.98. The van der Waals surface area contributed by atoms with E-state index in [-0.39, 0.29) is 0 Å². The molecule has 0 aliphatic rings. The number of aryl methyl sites for hydroxylation is 2. The first-order chi connectivity index (χ1) is 5.34. The molecule has 0 saturated carbocycles. The largest absolute Gasteiger partial charge is 0.469 e. The van der Waals surface area contributed by atoms with Crippen LogP contribution in [-0.2, 0) is 6.42 Å². The Morgan fingerprint density at radius 1 is 1.45 bits per heavy atom. The Balaban J connectivity index is 2.32. The van der Waals surface area contributed by atoms with Crippen LogP contribution in [-0.4, -0.2) is 6.54 Å². The second-order valence-corrected chi connectivity index (χ2v) is 2.75. The monoisotopic (exact) mass is 153 g/mol. The topological polar surface area (TPSA) is 39.2 Å². The van der Waals surface area contributed by atoms with Crippen molar-refractivity contribution in [3.63, 3.8) is 0 Å². The minimum Gasteiger partial charge on any atom is -0.469 e. The molecule has 0 radical (unpaired) electrons. The van der Waals surface area contributed by atoms with Gasteiger partial charge in [-0.05, 0) is 44.4 Å². The van der Waals surface area contributed by atoms with Gasteiger partial charge in [-0.3, -0.25) is 0 Å². The van der Waals surface area contributed by atoms with Gasteiger partial charge in [0.25, 0.3) is 0 Å². The molecule has 0 spiro atoms. The van der Waals surface area contributed by atoms with Gasteiger partial charge in [-0.25, -0.2) is 0 Å². The molecule has 0 atom stereocenters. The Morgan fingerprint density at radius 3 is 2.82 bits per heavy atom. The van der Waals surface area contributed by atoms with Gasteiger partial charge in [-0.15, -0.1) is 0 Å². The van der Waals surface area contributed by atoms with Crippen LogP contribution < -0.4 is 5.73 Å². The number of unbranched alkanes of at least 4 members (excludes halogenated alkanes) is 1. The molecule has 1 heterocycles. The normalized spacial score (nSPS) is 10.4. The third-order valence-electron chi connectivity index (χ3n) is 1.87. The van der Waals surface area contributed by atoms with Gasteiger partial charge >= 0.3 is 0 Å². The summed E-state index contributed by atoms with van der Waals surface area (Å²) in [6.45, 7) is 2.79. The highest BCUT2D eigenvalue weighted by atomic mass is 16.3. The zero-order chi connectivity index (χ0) is 8.10. The van der Waals surface area contributed by atoms with Crippen molar-refractivity contribution in [2.24, 2.45) is 5.73 Å². The molecule has 0 bridgehead atoms. The minimum atomic E-state index is 0.789. The van der Waals surface area contributed by atoms with E-state index in [4.69, 9.17) is 10.2 Å². The number of hydrogen-bond acceptors (Lipinski definition) is 2. The zero-order valence-electron chi connectivity index (χ0n) is 6.97. The molecule has 0 aliphatic carbocycles. The fourth-order valence-electron chi connectivity index (χ4n) is 1.13. The van der Waals surface area contributed by atoms with Gasteiger partial charge in [-0.2, -0.15) is 0 Å². The summed E-state index contributed by atoms with van der Waals surface area (Å²) in [6, 6.07) is 2.03. The van der Waals surface area contributed by atoms with Gasteiger partial charge in [0.1, 0.15) is 5.76 Å². The molecule has 2 heteroatoms. The van der Waals surface area contributed by atoms with E-state index in [1.807, 2.05) is 13.0 Å². The standard InChI is InChI=1S/C9H15NO/c1-8-9(5-7-11-8)4-2-3-6-10/h5,7H,2-4,6,10H2,1H3. The quantitative estimate of drug-likeness (QED) is 0.671. The third-order valence-corrected chi connectivity index (χ3v) is 1.87. The molecule has 0 aliphatic heterocycles. The number of furan rings is 1. The van der Waals surface area contributed by atoms with E-state index in [1.54, 1.807) is 6.26 Å². The third kappa shape index (κ3) is 2.39. The van der Waals surface area contributed by atoms with E-state index in [9.17, 15) is 0 Å². The molecule has 0 unspecified atom stereocenters. The summed E-state index contributed by atoms with van der Waals surface area (Å²) in [5.41, 5.74) is 6.70. The van der Waals surface area contributed by atoms with Crippen LogP contribution in [0.15, 0.2) is 16.7 Å². The predicted octanol–water partition coefficient (Wildman–Crippen LogP) is 1.87. The summed E-state index contributed by atoms with van der Waals surface area (Å²) >= 11 is 0. The Labute approximate surface area is 67.4 Å². The van der Waals surface area contributed by atoms with Crippen molar-refractivity contribution in [3.05, 3.63) is 23.7 Å². The number of rotatable bonds is 4. The van der Waals surface area contributed by atoms with Crippen LogP contribution in [0, 0.1) is 6.92 Å². The maximum atomic E-state index is 5.38. The van der Waals surface area contributed by atoms with Gasteiger partial charge in [0, 0.05) is 0 Å². The first-order valence-corrected chi connectivity index (χ1v) is 4.07. The molecule has 2 nitrogen and oxygen atoms in total. The molecular formula is C9H15NO. The molecule has 0 aromatic carbocycles. The van der Waals surface area contributed by atoms with Crippen molar-refractivity contribution in [3.8, 4) is 0 Å². The van der Waals surface area contributed by atoms with Crippen molar-refractivity contribution in [2.45, 2.75) is 26.2 Å². The average Bonchev–Trinajstić information content (AvgIpc) is 2.37. The minimum absolute atomic E-state index is 0.789. The van der Waals surface area contributed by atoms with Crippen LogP contribution in [0.2, 0.25) is 0 Å². The Hall–Kier alpha value is -0.760. The van der Waals surface area contributed by atoms with Crippen molar-refractivity contribution in [1.82, 2.24) is 0 Å². The smallest absolute Gasteiger partial charge is 0.103 e. The molecule has 62 valence electrons. The first-order valence-electron chi connectivity index (χ1n) is 4.07. The molecule has 2 N–H and O–H groups in total. The van der Waals surface area contributed by atoms with Crippen LogP contribution >= 0.6 is 0 Å². The highest BCUT2D eigenvalue weighted by Gasteiger charge is 1.99.